The fourth-order valence-electron chi connectivity index (χ4n) is 1.62. The van der Waals surface area contributed by atoms with Gasteiger partial charge in [0.05, 0.1) is 20.6 Å². The molecule has 7 nitrogen and oxygen atoms in total. The fourth-order valence-corrected chi connectivity index (χ4v) is 1.62. The van der Waals surface area contributed by atoms with Gasteiger partial charge in [-0.3, -0.25) is 9.59 Å². The molecule has 0 aromatic heterocycles. The summed E-state index contributed by atoms with van der Waals surface area (Å²) < 4.78 is 9.62. The summed E-state index contributed by atoms with van der Waals surface area (Å²) in [6.45, 7) is 5.21. The molecule has 0 saturated carbocycles. The Bertz CT molecular complexity index is 642. The van der Waals surface area contributed by atoms with Gasteiger partial charge in [-0.2, -0.15) is 5.10 Å². The zero-order valence-electron chi connectivity index (χ0n) is 14.5. The first kappa shape index (κ1) is 19.3. The van der Waals surface area contributed by atoms with Gasteiger partial charge in [0.2, 0.25) is 0 Å². The van der Waals surface area contributed by atoms with E-state index in [1.54, 1.807) is 45.0 Å². The van der Waals surface area contributed by atoms with E-state index in [2.05, 4.69) is 15.3 Å². The van der Waals surface area contributed by atoms with Gasteiger partial charge >= 0.3 is 5.97 Å². The number of carbonyl (C=O) groups is 3. The molecule has 0 aliphatic heterocycles. The molecule has 1 rings (SSSR count). The minimum atomic E-state index is -0.761. The second-order valence-corrected chi connectivity index (χ2v) is 6.07. The van der Waals surface area contributed by atoms with Gasteiger partial charge in [0.25, 0.3) is 5.91 Å². The van der Waals surface area contributed by atoms with Crippen molar-refractivity contribution in [1.82, 2.24) is 5.43 Å². The van der Waals surface area contributed by atoms with Crippen LogP contribution in [0.15, 0.2) is 29.4 Å². The van der Waals surface area contributed by atoms with E-state index in [1.165, 1.54) is 14.2 Å². The number of methoxy groups -OCH3 is 2. The van der Waals surface area contributed by atoms with Gasteiger partial charge < -0.3 is 9.47 Å². The molecule has 1 aromatic rings. The molecule has 0 fully saturated rings. The molecule has 130 valence electrons. The van der Waals surface area contributed by atoms with Crippen LogP contribution >= 0.6 is 0 Å². The Kier molecular flexibility index (Phi) is 6.64. The Hall–Kier alpha value is -2.70. The lowest BCUT2D eigenvalue weighted by molar-refractivity contribution is -0.134. The molecule has 0 spiro atoms. The topological polar surface area (TPSA) is 94.1 Å². The van der Waals surface area contributed by atoms with Gasteiger partial charge in [-0.05, 0) is 24.3 Å². The number of carbonyl (C=O) groups excluding carboxylic acids is 3. The highest BCUT2D eigenvalue weighted by Crippen LogP contribution is 2.17. The first-order valence-corrected chi connectivity index (χ1v) is 7.31. The molecule has 1 amide bonds. The molecule has 0 bridgehead atoms. The van der Waals surface area contributed by atoms with Gasteiger partial charge in [-0.25, -0.2) is 10.2 Å². The van der Waals surface area contributed by atoms with Gasteiger partial charge in [-0.15, -0.1) is 0 Å². The van der Waals surface area contributed by atoms with E-state index in [1.807, 2.05) is 0 Å². The molecule has 7 heteroatoms. The molecule has 0 aliphatic carbocycles. The van der Waals surface area contributed by atoms with Crippen molar-refractivity contribution in [2.24, 2.45) is 10.5 Å². The Morgan fingerprint density at radius 1 is 1.08 bits per heavy atom. The van der Waals surface area contributed by atoms with E-state index in [9.17, 15) is 14.4 Å². The number of nitrogens with zero attached hydrogens (tertiary/aromatic N) is 1. The lowest BCUT2D eigenvalue weighted by Gasteiger charge is -2.16. The third-order valence-electron chi connectivity index (χ3n) is 3.23. The summed E-state index contributed by atoms with van der Waals surface area (Å²) in [6.07, 6.45) is -0.223. The van der Waals surface area contributed by atoms with Crippen LogP contribution in [-0.4, -0.2) is 37.6 Å². The molecule has 0 heterocycles. The van der Waals surface area contributed by atoms with Crippen LogP contribution in [0.4, 0.5) is 0 Å². The lowest BCUT2D eigenvalue weighted by Crippen LogP contribution is -2.30. The number of hydrazone groups is 1. The summed E-state index contributed by atoms with van der Waals surface area (Å²) >= 11 is 0. The number of Topliss-reactive ketones (excluding diaryl/α,β-unsaturated/α-hetero) is 1. The van der Waals surface area contributed by atoms with Gasteiger partial charge in [0.1, 0.15) is 11.5 Å². The number of benzene rings is 1. The summed E-state index contributed by atoms with van der Waals surface area (Å²) in [5.41, 5.74) is 1.82. The quantitative estimate of drug-likeness (QED) is 0.487. The van der Waals surface area contributed by atoms with Crippen LogP contribution in [-0.2, 0) is 14.3 Å². The highest BCUT2D eigenvalue weighted by atomic mass is 16.5. The van der Waals surface area contributed by atoms with Crippen LogP contribution in [0, 0.1) is 5.41 Å². The first-order valence-electron chi connectivity index (χ1n) is 7.31. The molecule has 24 heavy (non-hydrogen) atoms. The average molecular weight is 334 g/mol. The molecule has 0 saturated heterocycles. The minimum absolute atomic E-state index is 0.153. The second kappa shape index (κ2) is 8.24. The second-order valence-electron chi connectivity index (χ2n) is 6.07. The monoisotopic (exact) mass is 334 g/mol. The zero-order chi connectivity index (χ0) is 18.3. The predicted octanol–water partition coefficient (Wildman–Crippen LogP) is 1.96. The Labute approximate surface area is 141 Å². The number of esters is 1. The third-order valence-corrected chi connectivity index (χ3v) is 3.23. The molecular weight excluding hydrogens is 312 g/mol. The standard InChI is InChI=1S/C17H22N2O5/c1-17(2,3)14(20)10-13(16(22)24-5)18-19-15(21)11-6-8-12(23-4)9-7-11/h6-9H,10H2,1-5H3,(H,19,21)/b18-13+. The molecule has 0 aliphatic rings. The third kappa shape index (κ3) is 5.49. The highest BCUT2D eigenvalue weighted by Gasteiger charge is 2.26. The van der Waals surface area contributed by atoms with E-state index in [0.29, 0.717) is 11.3 Å². The summed E-state index contributed by atoms with van der Waals surface area (Å²) in [5.74, 6) is -0.851. The summed E-state index contributed by atoms with van der Waals surface area (Å²) in [5, 5.41) is 3.76. The first-order chi connectivity index (χ1) is 11.2. The normalized spacial score (nSPS) is 11.6. The van der Waals surface area contributed by atoms with Crippen LogP contribution in [0.5, 0.6) is 5.75 Å². The van der Waals surface area contributed by atoms with Crippen molar-refractivity contribution >= 4 is 23.4 Å². The zero-order valence-corrected chi connectivity index (χ0v) is 14.5. The molecule has 1 N–H and O–H groups in total. The van der Waals surface area contributed by atoms with Crippen molar-refractivity contribution in [3.05, 3.63) is 29.8 Å². The van der Waals surface area contributed by atoms with Crippen molar-refractivity contribution in [2.45, 2.75) is 27.2 Å². The van der Waals surface area contributed by atoms with Gasteiger partial charge in [0.15, 0.2) is 5.71 Å². The van der Waals surface area contributed by atoms with Crippen LogP contribution in [0.25, 0.3) is 0 Å². The SMILES string of the molecule is COC(=O)/C(CC(=O)C(C)(C)C)=N/NC(=O)c1ccc(OC)cc1. The average Bonchev–Trinajstić information content (AvgIpc) is 2.56. The van der Waals surface area contributed by atoms with Crippen LogP contribution in [0.2, 0.25) is 0 Å². The van der Waals surface area contributed by atoms with Crippen molar-refractivity contribution in [2.75, 3.05) is 14.2 Å². The Morgan fingerprint density at radius 2 is 1.67 bits per heavy atom. The lowest BCUT2D eigenvalue weighted by atomic mass is 9.88. The Balaban J connectivity index is 2.88. The van der Waals surface area contributed by atoms with Gasteiger partial charge in [0, 0.05) is 11.0 Å². The van der Waals surface area contributed by atoms with Crippen molar-refractivity contribution in [3.8, 4) is 5.75 Å². The van der Waals surface area contributed by atoms with Crippen LogP contribution < -0.4 is 10.2 Å². The number of ether oxygens (including phenoxy) is 2. The Morgan fingerprint density at radius 3 is 2.12 bits per heavy atom. The van der Waals surface area contributed by atoms with Crippen molar-refractivity contribution in [3.63, 3.8) is 0 Å². The van der Waals surface area contributed by atoms with Crippen molar-refractivity contribution < 1.29 is 23.9 Å². The van der Waals surface area contributed by atoms with E-state index in [4.69, 9.17) is 4.74 Å². The van der Waals surface area contributed by atoms with Crippen LogP contribution in [0.1, 0.15) is 37.6 Å². The van der Waals surface area contributed by atoms with E-state index >= 15 is 0 Å². The predicted molar refractivity (Wildman–Crippen MR) is 89.0 cm³/mol. The van der Waals surface area contributed by atoms with Crippen molar-refractivity contribution in [1.29, 1.82) is 0 Å². The maximum atomic E-state index is 12.1. The number of amides is 1. The highest BCUT2D eigenvalue weighted by molar-refractivity contribution is 6.40. The smallest absolute Gasteiger partial charge is 0.354 e. The largest absolute Gasteiger partial charge is 0.497 e. The molecule has 0 radical (unpaired) electrons. The maximum absolute atomic E-state index is 12.1. The maximum Gasteiger partial charge on any atom is 0.354 e. The number of nitrogens with one attached hydrogen (secondary N) is 1. The summed E-state index contributed by atoms with van der Waals surface area (Å²) in [7, 11) is 2.71. The number of hydrogen-bond acceptors (Lipinski definition) is 6. The number of rotatable bonds is 6. The number of ketones is 1. The van der Waals surface area contributed by atoms with Crippen LogP contribution in [0.3, 0.4) is 0 Å². The fraction of sp³-hybridized carbons (Fsp3) is 0.412. The summed E-state index contributed by atoms with van der Waals surface area (Å²) in [6, 6.07) is 6.37. The molecule has 0 unspecified atom stereocenters. The molecule has 0 atom stereocenters. The van der Waals surface area contributed by atoms with Gasteiger partial charge in [-0.1, -0.05) is 20.8 Å². The minimum Gasteiger partial charge on any atom is -0.497 e. The summed E-state index contributed by atoms with van der Waals surface area (Å²) in [4.78, 5) is 35.8. The molecular formula is C17H22N2O5. The number of hydrogen-bond donors (Lipinski definition) is 1. The van der Waals surface area contributed by atoms with E-state index < -0.39 is 17.3 Å². The van der Waals surface area contributed by atoms with E-state index in [-0.39, 0.29) is 17.9 Å². The molecule has 1 aromatic carbocycles. The van der Waals surface area contributed by atoms with E-state index in [0.717, 1.165) is 0 Å².